The summed E-state index contributed by atoms with van der Waals surface area (Å²) in [5.74, 6) is -1.52. The van der Waals surface area contributed by atoms with Crippen LogP contribution in [-0.4, -0.2) is 36.5 Å². The van der Waals surface area contributed by atoms with E-state index in [-0.39, 0.29) is 0 Å². The molecule has 0 radical (unpaired) electrons. The van der Waals surface area contributed by atoms with Gasteiger partial charge in [0, 0.05) is 16.8 Å². The molecular formula is C23H22N2O5. The van der Waals surface area contributed by atoms with Crippen LogP contribution >= 0.6 is 0 Å². The molecule has 1 amide bonds. The molecule has 30 heavy (non-hydrogen) atoms. The van der Waals surface area contributed by atoms with Crippen LogP contribution in [0.5, 0.6) is 0 Å². The molecule has 0 spiro atoms. The van der Waals surface area contributed by atoms with Crippen molar-refractivity contribution in [3.05, 3.63) is 70.9 Å². The van der Waals surface area contributed by atoms with Crippen molar-refractivity contribution in [2.45, 2.75) is 20.3 Å². The zero-order valence-electron chi connectivity index (χ0n) is 17.0. The number of benzene rings is 2. The Morgan fingerprint density at radius 3 is 2.37 bits per heavy atom. The molecule has 0 bridgehead atoms. The van der Waals surface area contributed by atoms with Gasteiger partial charge in [0.25, 0.3) is 5.91 Å². The lowest BCUT2D eigenvalue weighted by Gasteiger charge is -2.13. The highest BCUT2D eigenvalue weighted by Gasteiger charge is 2.19. The van der Waals surface area contributed by atoms with E-state index in [1.54, 1.807) is 12.1 Å². The highest BCUT2D eigenvalue weighted by molar-refractivity contribution is 6.06. The van der Waals surface area contributed by atoms with Crippen LogP contribution in [0.3, 0.4) is 0 Å². The van der Waals surface area contributed by atoms with Crippen LogP contribution in [0.1, 0.15) is 38.9 Å². The number of para-hydroxylation sites is 1. The van der Waals surface area contributed by atoms with E-state index >= 15 is 0 Å². The Morgan fingerprint density at radius 1 is 1.00 bits per heavy atom. The van der Waals surface area contributed by atoms with Crippen LogP contribution in [0, 0.1) is 6.92 Å². The van der Waals surface area contributed by atoms with Crippen LogP contribution in [0.15, 0.2) is 48.5 Å². The van der Waals surface area contributed by atoms with Crippen molar-refractivity contribution in [1.82, 2.24) is 4.98 Å². The normalized spacial score (nSPS) is 10.5. The van der Waals surface area contributed by atoms with E-state index in [1.165, 1.54) is 19.2 Å². The molecule has 0 aliphatic heterocycles. The molecule has 154 valence electrons. The molecule has 0 saturated carbocycles. The van der Waals surface area contributed by atoms with Crippen molar-refractivity contribution >= 4 is 34.4 Å². The van der Waals surface area contributed by atoms with Crippen LogP contribution < -0.4 is 5.32 Å². The van der Waals surface area contributed by atoms with Gasteiger partial charge in [0.2, 0.25) is 0 Å². The number of fused-ring (bicyclic) bond motifs is 1. The van der Waals surface area contributed by atoms with Crippen molar-refractivity contribution in [3.8, 4) is 0 Å². The molecule has 7 heteroatoms. The monoisotopic (exact) mass is 406 g/mol. The molecule has 2 aromatic carbocycles. The van der Waals surface area contributed by atoms with Crippen LogP contribution in [0.25, 0.3) is 10.9 Å². The number of aromatic nitrogens is 1. The first-order valence-corrected chi connectivity index (χ1v) is 9.48. The minimum Gasteiger partial charge on any atom is -0.465 e. The highest BCUT2D eigenvalue weighted by Crippen LogP contribution is 2.24. The molecule has 0 fully saturated rings. The molecule has 0 unspecified atom stereocenters. The van der Waals surface area contributed by atoms with Crippen LogP contribution in [0.4, 0.5) is 5.69 Å². The molecule has 1 N–H and O–H groups in total. The number of hydrogen-bond donors (Lipinski definition) is 1. The standard InChI is InChI=1S/C23H22N2O5/c1-4-18-14(2)21(17-7-5-6-8-19(17)25-18)23(28)30-13-20(26)24-16-11-9-15(10-12-16)22(27)29-3/h5-12H,4,13H2,1-3H3,(H,24,26). The van der Waals surface area contributed by atoms with E-state index in [4.69, 9.17) is 4.74 Å². The van der Waals surface area contributed by atoms with Crippen LogP contribution in [0.2, 0.25) is 0 Å². The third-order valence-corrected chi connectivity index (χ3v) is 4.70. The van der Waals surface area contributed by atoms with Crippen molar-refractivity contribution in [2.75, 3.05) is 19.0 Å². The average molecular weight is 406 g/mol. The summed E-state index contributed by atoms with van der Waals surface area (Å²) in [5.41, 5.74) is 3.54. The minimum absolute atomic E-state index is 0.369. The van der Waals surface area contributed by atoms with Gasteiger partial charge in [0.1, 0.15) is 0 Å². The average Bonchev–Trinajstić information content (AvgIpc) is 2.77. The maximum atomic E-state index is 12.8. The Labute approximate surface area is 174 Å². The minimum atomic E-state index is -0.572. The number of carbonyl (C=O) groups excluding carboxylic acids is 3. The Balaban J connectivity index is 1.70. The number of carbonyl (C=O) groups is 3. The van der Waals surface area contributed by atoms with Gasteiger partial charge >= 0.3 is 11.9 Å². The molecule has 0 atom stereocenters. The van der Waals surface area contributed by atoms with Crippen molar-refractivity contribution < 1.29 is 23.9 Å². The molecule has 1 aromatic heterocycles. The molecule has 0 saturated heterocycles. The fourth-order valence-electron chi connectivity index (χ4n) is 3.17. The van der Waals surface area contributed by atoms with Gasteiger partial charge in [-0.2, -0.15) is 0 Å². The molecule has 7 nitrogen and oxygen atoms in total. The number of rotatable bonds is 6. The molecule has 1 heterocycles. The second-order valence-corrected chi connectivity index (χ2v) is 6.62. The lowest BCUT2D eigenvalue weighted by atomic mass is 10.0. The maximum Gasteiger partial charge on any atom is 0.339 e. The highest BCUT2D eigenvalue weighted by atomic mass is 16.5. The summed E-state index contributed by atoms with van der Waals surface area (Å²) < 4.78 is 9.91. The number of ether oxygens (including phenoxy) is 2. The number of nitrogens with zero attached hydrogens (tertiary/aromatic N) is 1. The Bertz CT molecular complexity index is 1110. The maximum absolute atomic E-state index is 12.8. The van der Waals surface area contributed by atoms with E-state index < -0.39 is 24.5 Å². The summed E-state index contributed by atoms with van der Waals surface area (Å²) in [6.45, 7) is 3.37. The summed E-state index contributed by atoms with van der Waals surface area (Å²) >= 11 is 0. The number of hydrogen-bond acceptors (Lipinski definition) is 6. The number of anilines is 1. The Kier molecular flexibility index (Phi) is 6.41. The SMILES string of the molecule is CCc1nc2ccccc2c(C(=O)OCC(=O)Nc2ccc(C(=O)OC)cc2)c1C. The van der Waals surface area contributed by atoms with E-state index in [0.29, 0.717) is 34.1 Å². The van der Waals surface area contributed by atoms with Gasteiger partial charge < -0.3 is 14.8 Å². The fraction of sp³-hybridized carbons (Fsp3) is 0.217. The van der Waals surface area contributed by atoms with Gasteiger partial charge in [-0.25, -0.2) is 9.59 Å². The van der Waals surface area contributed by atoms with Gasteiger partial charge in [-0.3, -0.25) is 9.78 Å². The van der Waals surface area contributed by atoms with Crippen molar-refractivity contribution in [1.29, 1.82) is 0 Å². The summed E-state index contributed by atoms with van der Waals surface area (Å²) in [6, 6.07) is 13.6. The fourth-order valence-corrected chi connectivity index (χ4v) is 3.17. The van der Waals surface area contributed by atoms with Crippen molar-refractivity contribution in [3.63, 3.8) is 0 Å². The van der Waals surface area contributed by atoms with Gasteiger partial charge in [0.05, 0.1) is 23.8 Å². The third-order valence-electron chi connectivity index (χ3n) is 4.70. The number of amides is 1. The van der Waals surface area contributed by atoms with E-state index in [0.717, 1.165) is 11.3 Å². The second-order valence-electron chi connectivity index (χ2n) is 6.62. The predicted molar refractivity (Wildman–Crippen MR) is 113 cm³/mol. The quantitative estimate of drug-likeness (QED) is 0.628. The molecule has 3 aromatic rings. The molecule has 3 rings (SSSR count). The first-order valence-electron chi connectivity index (χ1n) is 9.48. The summed E-state index contributed by atoms with van der Waals surface area (Å²) in [6.07, 6.45) is 0.680. The number of methoxy groups -OCH3 is 1. The third kappa shape index (κ3) is 4.46. The molecule has 0 aliphatic carbocycles. The lowest BCUT2D eigenvalue weighted by molar-refractivity contribution is -0.119. The molecular weight excluding hydrogens is 384 g/mol. The number of nitrogens with one attached hydrogen (secondary N) is 1. The topological polar surface area (TPSA) is 94.6 Å². The van der Waals surface area contributed by atoms with E-state index in [1.807, 2.05) is 38.1 Å². The van der Waals surface area contributed by atoms with E-state index in [9.17, 15) is 14.4 Å². The zero-order chi connectivity index (χ0) is 21.7. The Hall–Kier alpha value is -3.74. The largest absolute Gasteiger partial charge is 0.465 e. The first-order chi connectivity index (χ1) is 14.4. The predicted octanol–water partition coefficient (Wildman–Crippen LogP) is 3.69. The zero-order valence-corrected chi connectivity index (χ0v) is 17.0. The first kappa shape index (κ1) is 21.0. The molecule has 0 aliphatic rings. The smallest absolute Gasteiger partial charge is 0.339 e. The summed E-state index contributed by atoms with van der Waals surface area (Å²) in [5, 5.41) is 3.32. The lowest BCUT2D eigenvalue weighted by Crippen LogP contribution is -2.21. The number of esters is 2. The van der Waals surface area contributed by atoms with Crippen molar-refractivity contribution in [2.24, 2.45) is 0 Å². The van der Waals surface area contributed by atoms with Gasteiger partial charge in [-0.05, 0) is 49.2 Å². The number of pyridine rings is 1. The van der Waals surface area contributed by atoms with Crippen LogP contribution in [-0.2, 0) is 20.7 Å². The van der Waals surface area contributed by atoms with E-state index in [2.05, 4.69) is 15.0 Å². The Morgan fingerprint density at radius 2 is 1.70 bits per heavy atom. The summed E-state index contributed by atoms with van der Waals surface area (Å²) in [4.78, 5) is 41.0. The van der Waals surface area contributed by atoms with Gasteiger partial charge in [0.15, 0.2) is 6.61 Å². The van der Waals surface area contributed by atoms with Gasteiger partial charge in [-0.1, -0.05) is 25.1 Å². The summed E-state index contributed by atoms with van der Waals surface area (Å²) in [7, 11) is 1.30. The second kappa shape index (κ2) is 9.17. The number of aryl methyl sites for hydroxylation is 1. The van der Waals surface area contributed by atoms with Gasteiger partial charge in [-0.15, -0.1) is 0 Å².